The Bertz CT molecular complexity index is 1040. The van der Waals surface area contributed by atoms with Crippen molar-refractivity contribution >= 4 is 34.2 Å². The molecule has 4 rings (SSSR count). The Morgan fingerprint density at radius 1 is 1.09 bits per heavy atom. The van der Waals surface area contributed by atoms with E-state index in [0.717, 1.165) is 53.7 Å². The molecular weight excluding hydrogens is 450 g/mol. The van der Waals surface area contributed by atoms with Gasteiger partial charge in [0.15, 0.2) is 0 Å². The van der Waals surface area contributed by atoms with E-state index in [1.807, 2.05) is 13.8 Å². The number of hydrogen-bond donors (Lipinski definition) is 2. The number of nitrogens with one attached hydrogen (secondary N) is 1. The molecule has 0 spiro atoms. The number of carboxylic acids is 1. The van der Waals surface area contributed by atoms with Gasteiger partial charge in [0.25, 0.3) is 0 Å². The lowest BCUT2D eigenvalue weighted by atomic mass is 9.72. The molecule has 7 heteroatoms. The maximum absolute atomic E-state index is 13.6. The standard InChI is InChI=1S/C27H37NO5S/c1-7-33-26(32)22-15-9-8-14(27(4,5)6)12-18(15)34-24(22)28-23(29)20-16-10-11-17(19(16)13(2)3)21(20)25(30)31/h14,16-17,20-21H,7-12H2,1-6H3,(H,28,29)(H,30,31)/t14-,16-,17-,20+,21+/m1/s1. The van der Waals surface area contributed by atoms with Gasteiger partial charge in [-0.15, -0.1) is 11.3 Å². The number of carbonyl (C=O) groups excluding carboxylic acids is 2. The molecule has 2 fully saturated rings. The van der Waals surface area contributed by atoms with Crippen molar-refractivity contribution < 1.29 is 24.2 Å². The molecule has 0 unspecified atom stereocenters. The Labute approximate surface area is 206 Å². The Hall–Kier alpha value is -2.15. The highest BCUT2D eigenvalue weighted by Gasteiger charge is 2.57. The first-order valence-electron chi connectivity index (χ1n) is 12.5. The monoisotopic (exact) mass is 487 g/mol. The van der Waals surface area contributed by atoms with Crippen LogP contribution in [0.5, 0.6) is 0 Å². The summed E-state index contributed by atoms with van der Waals surface area (Å²) in [5.74, 6) is -2.53. The van der Waals surface area contributed by atoms with Gasteiger partial charge in [-0.25, -0.2) is 4.79 Å². The van der Waals surface area contributed by atoms with Crippen molar-refractivity contribution in [3.8, 4) is 0 Å². The van der Waals surface area contributed by atoms with Gasteiger partial charge in [-0.05, 0) is 81.6 Å². The van der Waals surface area contributed by atoms with Crippen molar-refractivity contribution in [3.05, 3.63) is 27.2 Å². The highest BCUT2D eigenvalue weighted by Crippen LogP contribution is 2.57. The molecule has 0 aliphatic heterocycles. The Kier molecular flexibility index (Phi) is 6.71. The first kappa shape index (κ1) is 25.0. The summed E-state index contributed by atoms with van der Waals surface area (Å²) in [5.41, 5.74) is 3.90. The summed E-state index contributed by atoms with van der Waals surface area (Å²) in [7, 11) is 0. The lowest BCUT2D eigenvalue weighted by molar-refractivity contribution is -0.148. The summed E-state index contributed by atoms with van der Waals surface area (Å²) < 4.78 is 5.37. The van der Waals surface area contributed by atoms with E-state index < -0.39 is 23.8 Å². The van der Waals surface area contributed by atoms with Crippen LogP contribution in [0.1, 0.15) is 81.6 Å². The molecule has 2 bridgehead atoms. The normalized spacial score (nSPS) is 27.9. The second-order valence-corrected chi connectivity index (χ2v) is 12.5. The van der Waals surface area contributed by atoms with E-state index in [1.54, 1.807) is 6.92 Å². The predicted octanol–water partition coefficient (Wildman–Crippen LogP) is 5.71. The minimum absolute atomic E-state index is 0.0398. The van der Waals surface area contributed by atoms with Crippen LogP contribution in [0.4, 0.5) is 5.00 Å². The maximum Gasteiger partial charge on any atom is 0.341 e. The fraction of sp³-hybridized carbons (Fsp3) is 0.667. The van der Waals surface area contributed by atoms with Gasteiger partial charge in [0.05, 0.1) is 24.0 Å². The third-order valence-electron chi connectivity index (χ3n) is 8.21. The van der Waals surface area contributed by atoms with Gasteiger partial charge in [-0.1, -0.05) is 31.9 Å². The number of amides is 1. The smallest absolute Gasteiger partial charge is 0.341 e. The highest BCUT2D eigenvalue weighted by atomic mass is 32.1. The molecule has 1 aromatic rings. The molecule has 34 heavy (non-hydrogen) atoms. The largest absolute Gasteiger partial charge is 0.481 e. The van der Waals surface area contributed by atoms with Crippen LogP contribution in [0.25, 0.3) is 0 Å². The molecule has 1 heterocycles. The van der Waals surface area contributed by atoms with E-state index in [9.17, 15) is 19.5 Å². The maximum atomic E-state index is 13.6. The van der Waals surface area contributed by atoms with Crippen molar-refractivity contribution in [3.63, 3.8) is 0 Å². The summed E-state index contributed by atoms with van der Waals surface area (Å²) >= 11 is 1.47. The zero-order chi connectivity index (χ0) is 24.9. The second-order valence-electron chi connectivity index (χ2n) is 11.4. The van der Waals surface area contributed by atoms with Crippen LogP contribution >= 0.6 is 11.3 Å². The lowest BCUT2D eigenvalue weighted by Crippen LogP contribution is -2.38. The van der Waals surface area contributed by atoms with Gasteiger partial charge in [0.2, 0.25) is 5.91 Å². The van der Waals surface area contributed by atoms with Crippen LogP contribution < -0.4 is 5.32 Å². The van der Waals surface area contributed by atoms with Crippen molar-refractivity contribution in [2.24, 2.45) is 35.0 Å². The van der Waals surface area contributed by atoms with Gasteiger partial charge < -0.3 is 15.2 Å². The number of carbonyl (C=O) groups is 3. The number of rotatable bonds is 5. The molecular formula is C27H37NO5S. The van der Waals surface area contributed by atoms with E-state index >= 15 is 0 Å². The van der Waals surface area contributed by atoms with E-state index in [1.165, 1.54) is 11.3 Å². The van der Waals surface area contributed by atoms with Crippen LogP contribution in [0, 0.1) is 35.0 Å². The Balaban J connectivity index is 1.68. The molecule has 2 N–H and O–H groups in total. The van der Waals surface area contributed by atoms with Crippen molar-refractivity contribution in [2.75, 3.05) is 11.9 Å². The van der Waals surface area contributed by atoms with Crippen molar-refractivity contribution in [2.45, 2.75) is 73.6 Å². The summed E-state index contributed by atoms with van der Waals surface area (Å²) in [6.07, 6.45) is 4.31. The summed E-state index contributed by atoms with van der Waals surface area (Å²) in [6.45, 7) is 12.8. The molecule has 5 atom stereocenters. The molecule has 1 amide bonds. The van der Waals surface area contributed by atoms with Crippen LogP contribution in [0.3, 0.4) is 0 Å². The third kappa shape index (κ3) is 4.21. The second kappa shape index (κ2) is 9.14. The van der Waals surface area contributed by atoms with Crippen LogP contribution in [-0.4, -0.2) is 29.6 Å². The number of esters is 1. The molecule has 3 aliphatic rings. The van der Waals surface area contributed by atoms with E-state index in [2.05, 4.69) is 26.1 Å². The number of ether oxygens (including phenoxy) is 1. The minimum Gasteiger partial charge on any atom is -0.481 e. The number of anilines is 1. The Morgan fingerprint density at radius 2 is 1.74 bits per heavy atom. The van der Waals surface area contributed by atoms with Crippen LogP contribution in [-0.2, 0) is 27.2 Å². The predicted molar refractivity (Wildman–Crippen MR) is 133 cm³/mol. The molecule has 0 aromatic carbocycles. The fourth-order valence-corrected chi connectivity index (χ4v) is 7.95. The molecule has 186 valence electrons. The van der Waals surface area contributed by atoms with E-state index in [0.29, 0.717) is 16.5 Å². The SMILES string of the molecule is CCOC(=O)c1c(NC(=O)[C@@H]2[C@@H](C(=O)O)[C@@H]3CC[C@@H]2C3=C(C)C)sc2c1CC[C@@H](C(C)(C)C)C2. The minimum atomic E-state index is -0.907. The van der Waals surface area contributed by atoms with Crippen molar-refractivity contribution in [1.82, 2.24) is 0 Å². The Morgan fingerprint density at radius 3 is 2.29 bits per heavy atom. The lowest BCUT2D eigenvalue weighted by Gasteiger charge is -2.33. The number of allylic oxidation sites excluding steroid dienone is 2. The van der Waals surface area contributed by atoms with Gasteiger partial charge in [-0.3, -0.25) is 9.59 Å². The van der Waals surface area contributed by atoms with Gasteiger partial charge >= 0.3 is 11.9 Å². The number of fused-ring (bicyclic) bond motifs is 3. The average molecular weight is 488 g/mol. The average Bonchev–Trinajstić information content (AvgIpc) is 3.41. The van der Waals surface area contributed by atoms with Crippen molar-refractivity contribution in [1.29, 1.82) is 0 Å². The molecule has 3 aliphatic carbocycles. The topological polar surface area (TPSA) is 92.7 Å². The summed E-state index contributed by atoms with van der Waals surface area (Å²) in [6, 6.07) is 0. The quantitative estimate of drug-likeness (QED) is 0.410. The first-order valence-corrected chi connectivity index (χ1v) is 13.3. The first-order chi connectivity index (χ1) is 16.0. The molecule has 0 saturated heterocycles. The number of carboxylic acid groups (broad SMARTS) is 1. The number of thiophene rings is 1. The van der Waals surface area contributed by atoms with Crippen LogP contribution in [0.2, 0.25) is 0 Å². The molecule has 0 radical (unpaired) electrons. The molecule has 1 aromatic heterocycles. The third-order valence-corrected chi connectivity index (χ3v) is 9.38. The van der Waals surface area contributed by atoms with Gasteiger partial charge in [-0.2, -0.15) is 0 Å². The number of aliphatic carboxylic acids is 1. The van der Waals surface area contributed by atoms with Gasteiger partial charge in [0, 0.05) is 4.88 Å². The molecule has 6 nitrogen and oxygen atoms in total. The van der Waals surface area contributed by atoms with Crippen LogP contribution in [0.15, 0.2) is 11.1 Å². The van der Waals surface area contributed by atoms with Gasteiger partial charge in [0.1, 0.15) is 5.00 Å². The zero-order valence-corrected chi connectivity index (χ0v) is 21.9. The fourth-order valence-electron chi connectivity index (χ4n) is 6.63. The highest BCUT2D eigenvalue weighted by molar-refractivity contribution is 7.17. The summed E-state index contributed by atoms with van der Waals surface area (Å²) in [4.78, 5) is 39.9. The zero-order valence-electron chi connectivity index (χ0n) is 21.1. The number of hydrogen-bond acceptors (Lipinski definition) is 5. The van der Waals surface area contributed by atoms with E-state index in [4.69, 9.17) is 4.74 Å². The molecule has 2 saturated carbocycles. The summed E-state index contributed by atoms with van der Waals surface area (Å²) in [5, 5.41) is 13.5. The van der Waals surface area contributed by atoms with E-state index in [-0.39, 0.29) is 29.8 Å².